The number of hydrogen-bond acceptors (Lipinski definition) is 9. The fourth-order valence-corrected chi connectivity index (χ4v) is 7.79. The normalized spacial score (nSPS) is 18.6. The topological polar surface area (TPSA) is 128 Å². The molecule has 0 saturated carbocycles. The number of aromatic nitrogens is 2. The van der Waals surface area contributed by atoms with Crippen LogP contribution in [0.4, 0.5) is 0 Å². The van der Waals surface area contributed by atoms with E-state index in [0.29, 0.717) is 25.8 Å². The summed E-state index contributed by atoms with van der Waals surface area (Å²) in [6, 6.07) is 10.8. The molecule has 0 spiro atoms. The van der Waals surface area contributed by atoms with Crippen LogP contribution in [0, 0.1) is 36.5 Å². The Bertz CT molecular complexity index is 1450. The van der Waals surface area contributed by atoms with Crippen molar-refractivity contribution in [3.63, 3.8) is 0 Å². The maximum atomic E-state index is 14.2. The number of rotatable bonds is 20. The second kappa shape index (κ2) is 20.5. The fraction of sp³-hybridized carbons (Fsp3) is 0.659. The van der Waals surface area contributed by atoms with Crippen molar-refractivity contribution < 1.29 is 33.4 Å². The number of nitrogens with zero attached hydrogens (tertiary/aromatic N) is 4. The lowest BCUT2D eigenvalue weighted by Gasteiger charge is -2.40. The van der Waals surface area contributed by atoms with Crippen LogP contribution in [0.15, 0.2) is 42.7 Å². The van der Waals surface area contributed by atoms with Gasteiger partial charge in [0.1, 0.15) is 12.1 Å². The summed E-state index contributed by atoms with van der Waals surface area (Å²) in [5.74, 6) is -2.02. The molecule has 1 aliphatic rings. The van der Waals surface area contributed by atoms with E-state index in [4.69, 9.17) is 14.2 Å². The van der Waals surface area contributed by atoms with E-state index in [2.05, 4.69) is 23.8 Å². The highest BCUT2D eigenvalue weighted by molar-refractivity contribution is 5.86. The van der Waals surface area contributed by atoms with Gasteiger partial charge in [-0.2, -0.15) is 0 Å². The van der Waals surface area contributed by atoms with E-state index in [1.807, 2.05) is 76.0 Å². The summed E-state index contributed by atoms with van der Waals surface area (Å²) in [5, 5.41) is 0. The summed E-state index contributed by atoms with van der Waals surface area (Å²) in [6.07, 6.45) is 3.67. The number of likely N-dealkylation sites (N-methyl/N-ethyl adjacent to an activating group) is 1. The lowest BCUT2D eigenvalue weighted by atomic mass is 9.85. The van der Waals surface area contributed by atoms with Crippen molar-refractivity contribution in [2.45, 2.75) is 111 Å². The van der Waals surface area contributed by atoms with Crippen LogP contribution in [-0.4, -0.2) is 103 Å². The SMILES string of the molecule is CC[C@H](C)[C@@H]([C@@H](CC(=O)N1CCC[C@H]1[C@H](OC)[C@@H](C)C(=O)C[C@@H](Cc1ccccc1)C(=O)OC)OC)N(C)C(=O)[C@@H](Cc1cc(C)ncn1)C(C)C. The van der Waals surface area contributed by atoms with Gasteiger partial charge in [0.15, 0.2) is 0 Å². The zero-order valence-corrected chi connectivity index (χ0v) is 33.0. The van der Waals surface area contributed by atoms with Gasteiger partial charge in [-0.05, 0) is 49.7 Å². The third kappa shape index (κ3) is 11.2. The monoisotopic (exact) mass is 722 g/mol. The average Bonchev–Trinajstić information content (AvgIpc) is 3.62. The Morgan fingerprint density at radius 3 is 2.23 bits per heavy atom. The number of carbonyl (C=O) groups excluding carboxylic acids is 4. The maximum Gasteiger partial charge on any atom is 0.309 e. The first-order valence-corrected chi connectivity index (χ1v) is 18.8. The smallest absolute Gasteiger partial charge is 0.309 e. The largest absolute Gasteiger partial charge is 0.469 e. The standard InChI is InChI=1S/C41H62N4O7/c1-11-27(4)38(44(7)40(48)33(26(2)3)23-32-20-28(5)42-25-43-32)36(50-8)24-37(47)45-19-15-18-34(45)39(51-9)29(6)35(46)22-31(41(49)52-10)21-30-16-13-12-14-17-30/h12-14,16-17,20,25-27,29,31,33-34,36,38-39H,11,15,18-19,21-24H2,1-10H3/t27-,29-,31+,33-,34-,36+,38-,39+/m0/s1. The van der Waals surface area contributed by atoms with Gasteiger partial charge in [-0.1, -0.05) is 71.4 Å². The molecule has 0 unspecified atom stereocenters. The highest BCUT2D eigenvalue weighted by Gasteiger charge is 2.43. The van der Waals surface area contributed by atoms with Crippen LogP contribution in [0.3, 0.4) is 0 Å². The van der Waals surface area contributed by atoms with Crippen LogP contribution < -0.4 is 0 Å². The van der Waals surface area contributed by atoms with E-state index in [1.54, 1.807) is 19.1 Å². The van der Waals surface area contributed by atoms with Crippen molar-refractivity contribution >= 4 is 23.6 Å². The molecule has 2 heterocycles. The summed E-state index contributed by atoms with van der Waals surface area (Å²) < 4.78 is 17.1. The van der Waals surface area contributed by atoms with Gasteiger partial charge in [0.2, 0.25) is 11.8 Å². The number of amides is 2. The lowest BCUT2D eigenvalue weighted by Crippen LogP contribution is -2.54. The maximum absolute atomic E-state index is 14.2. The van der Waals surface area contributed by atoms with E-state index in [1.165, 1.54) is 13.4 Å². The first-order chi connectivity index (χ1) is 24.8. The zero-order chi connectivity index (χ0) is 38.5. The molecular weight excluding hydrogens is 660 g/mol. The van der Waals surface area contributed by atoms with Crippen LogP contribution in [0.5, 0.6) is 0 Å². The van der Waals surface area contributed by atoms with Crippen LogP contribution in [0.25, 0.3) is 0 Å². The van der Waals surface area contributed by atoms with Crippen LogP contribution in [0.2, 0.25) is 0 Å². The number of ketones is 1. The molecule has 11 nitrogen and oxygen atoms in total. The van der Waals surface area contributed by atoms with Crippen molar-refractivity contribution in [2.75, 3.05) is 34.9 Å². The Morgan fingerprint density at radius 1 is 0.962 bits per heavy atom. The molecule has 1 aromatic heterocycles. The lowest BCUT2D eigenvalue weighted by molar-refractivity contribution is -0.149. The van der Waals surface area contributed by atoms with Gasteiger partial charge >= 0.3 is 5.97 Å². The Hall–Kier alpha value is -3.70. The third-order valence-corrected chi connectivity index (χ3v) is 11.1. The molecule has 0 bridgehead atoms. The molecule has 0 aliphatic carbocycles. The van der Waals surface area contributed by atoms with Crippen molar-refractivity contribution in [3.8, 4) is 0 Å². The second-order valence-corrected chi connectivity index (χ2v) is 14.9. The quantitative estimate of drug-likeness (QED) is 0.163. The van der Waals surface area contributed by atoms with Gasteiger partial charge in [0.05, 0.1) is 43.7 Å². The number of esters is 1. The summed E-state index contributed by atoms with van der Waals surface area (Å²) in [7, 11) is 6.33. The molecule has 1 aliphatic heterocycles. The number of ether oxygens (including phenoxy) is 3. The summed E-state index contributed by atoms with van der Waals surface area (Å²) >= 11 is 0. The third-order valence-electron chi connectivity index (χ3n) is 11.1. The van der Waals surface area contributed by atoms with Crippen molar-refractivity contribution in [3.05, 3.63) is 59.7 Å². The number of methoxy groups -OCH3 is 3. The van der Waals surface area contributed by atoms with Crippen molar-refractivity contribution in [1.29, 1.82) is 0 Å². The van der Waals surface area contributed by atoms with E-state index in [-0.39, 0.29) is 60.3 Å². The minimum Gasteiger partial charge on any atom is -0.469 e. The minimum atomic E-state index is -0.624. The Morgan fingerprint density at radius 2 is 1.65 bits per heavy atom. The fourth-order valence-electron chi connectivity index (χ4n) is 7.79. The number of likely N-dealkylation sites (tertiary alicyclic amines) is 1. The Kier molecular flexibility index (Phi) is 16.9. The zero-order valence-electron chi connectivity index (χ0n) is 33.0. The molecule has 1 fully saturated rings. The molecule has 0 N–H and O–H groups in total. The molecule has 8 atom stereocenters. The second-order valence-electron chi connectivity index (χ2n) is 14.9. The first kappa shape index (κ1) is 42.7. The highest BCUT2D eigenvalue weighted by Crippen LogP contribution is 2.31. The first-order valence-electron chi connectivity index (χ1n) is 18.8. The van der Waals surface area contributed by atoms with Crippen molar-refractivity contribution in [1.82, 2.24) is 19.8 Å². The highest BCUT2D eigenvalue weighted by atomic mass is 16.5. The molecule has 1 saturated heterocycles. The van der Waals surface area contributed by atoms with Gasteiger partial charge in [-0.3, -0.25) is 19.2 Å². The van der Waals surface area contributed by atoms with Crippen LogP contribution >= 0.6 is 0 Å². The molecule has 52 heavy (non-hydrogen) atoms. The number of benzene rings is 1. The van der Waals surface area contributed by atoms with Gasteiger partial charge in [-0.15, -0.1) is 0 Å². The number of hydrogen-bond donors (Lipinski definition) is 0. The van der Waals surface area contributed by atoms with Gasteiger partial charge in [0, 0.05) is 63.9 Å². The van der Waals surface area contributed by atoms with Gasteiger partial charge in [0.25, 0.3) is 0 Å². The molecule has 2 amide bonds. The van der Waals surface area contributed by atoms with Crippen molar-refractivity contribution in [2.24, 2.45) is 29.6 Å². The van der Waals surface area contributed by atoms with E-state index < -0.39 is 30.0 Å². The molecular formula is C41H62N4O7. The number of aryl methyl sites for hydroxylation is 1. The Balaban J connectivity index is 1.78. The molecule has 288 valence electrons. The van der Waals surface area contributed by atoms with Gasteiger partial charge < -0.3 is 24.0 Å². The molecule has 2 aromatic rings. The summed E-state index contributed by atoms with van der Waals surface area (Å²) in [6.45, 7) is 12.5. The predicted octanol–water partition coefficient (Wildman–Crippen LogP) is 5.51. The average molecular weight is 723 g/mol. The number of Topliss-reactive ketones (excluding diaryl/α,β-unsaturated/α-hetero) is 1. The minimum absolute atomic E-state index is 0.00517. The predicted molar refractivity (Wildman–Crippen MR) is 200 cm³/mol. The van der Waals surface area contributed by atoms with Gasteiger partial charge in [-0.25, -0.2) is 9.97 Å². The van der Waals surface area contributed by atoms with E-state index in [9.17, 15) is 19.2 Å². The molecule has 0 radical (unpaired) electrons. The molecule has 3 rings (SSSR count). The van der Waals surface area contributed by atoms with Crippen LogP contribution in [0.1, 0.15) is 83.7 Å². The summed E-state index contributed by atoms with van der Waals surface area (Å²) in [5.41, 5.74) is 2.63. The number of carbonyl (C=O) groups is 4. The van der Waals surface area contributed by atoms with E-state index in [0.717, 1.165) is 29.8 Å². The molecule has 1 aromatic carbocycles. The van der Waals surface area contributed by atoms with E-state index >= 15 is 0 Å². The molecule has 11 heteroatoms. The summed E-state index contributed by atoms with van der Waals surface area (Å²) in [4.78, 5) is 67.1. The Labute approximate surface area is 311 Å². The van der Waals surface area contributed by atoms with Crippen LogP contribution in [-0.2, 0) is 46.2 Å².